The molecule has 2 heterocycles. The van der Waals surface area contributed by atoms with E-state index in [1.54, 1.807) is 6.07 Å². The lowest BCUT2D eigenvalue weighted by Gasteiger charge is -2.29. The SMILES string of the molecule is O=CCCCCC#Cc1ccc2c(c1)CN(C1CCC(=O)NC1=O)C2=O. The number of carbonyl (C=O) groups is 4. The highest BCUT2D eigenvalue weighted by atomic mass is 16.2. The van der Waals surface area contributed by atoms with E-state index >= 15 is 0 Å². The molecule has 1 aromatic carbocycles. The van der Waals surface area contributed by atoms with Gasteiger partial charge in [-0.25, -0.2) is 0 Å². The highest BCUT2D eigenvalue weighted by Crippen LogP contribution is 2.28. The molecule has 134 valence electrons. The third-order valence-corrected chi connectivity index (χ3v) is 4.63. The van der Waals surface area contributed by atoms with Crippen LogP contribution in [0.1, 0.15) is 60.0 Å². The lowest BCUT2D eigenvalue weighted by atomic mass is 10.0. The van der Waals surface area contributed by atoms with Gasteiger partial charge >= 0.3 is 0 Å². The Hall–Kier alpha value is -2.94. The Balaban J connectivity index is 1.66. The first-order valence-corrected chi connectivity index (χ1v) is 8.80. The van der Waals surface area contributed by atoms with Crippen LogP contribution in [0.3, 0.4) is 0 Å². The van der Waals surface area contributed by atoms with Crippen LogP contribution in [-0.2, 0) is 20.9 Å². The van der Waals surface area contributed by atoms with Gasteiger partial charge in [0.1, 0.15) is 12.3 Å². The first kappa shape index (κ1) is 17.9. The summed E-state index contributed by atoms with van der Waals surface area (Å²) in [6.07, 6.45) is 4.55. The Labute approximate surface area is 151 Å². The fourth-order valence-corrected chi connectivity index (χ4v) is 3.26. The smallest absolute Gasteiger partial charge is 0.255 e. The summed E-state index contributed by atoms with van der Waals surface area (Å²) in [4.78, 5) is 47.7. The van der Waals surface area contributed by atoms with Gasteiger partial charge in [-0.05, 0) is 43.0 Å². The molecule has 0 aromatic heterocycles. The number of nitrogens with one attached hydrogen (secondary N) is 1. The van der Waals surface area contributed by atoms with Crippen molar-refractivity contribution in [2.24, 2.45) is 0 Å². The molecule has 3 rings (SSSR count). The van der Waals surface area contributed by atoms with E-state index in [4.69, 9.17) is 0 Å². The van der Waals surface area contributed by atoms with Crippen LogP contribution < -0.4 is 5.32 Å². The van der Waals surface area contributed by atoms with Crippen LogP contribution in [0, 0.1) is 11.8 Å². The Morgan fingerprint density at radius 2 is 2.08 bits per heavy atom. The van der Waals surface area contributed by atoms with E-state index in [1.807, 2.05) is 12.1 Å². The minimum Gasteiger partial charge on any atom is -0.322 e. The van der Waals surface area contributed by atoms with Gasteiger partial charge in [-0.1, -0.05) is 11.8 Å². The summed E-state index contributed by atoms with van der Waals surface area (Å²) in [6.45, 7) is 0.356. The summed E-state index contributed by atoms with van der Waals surface area (Å²) in [6, 6.07) is 4.85. The maximum atomic E-state index is 12.6. The highest BCUT2D eigenvalue weighted by molar-refractivity contribution is 6.05. The Kier molecular flexibility index (Phi) is 5.47. The Bertz CT molecular complexity index is 819. The van der Waals surface area contributed by atoms with Crippen LogP contribution >= 0.6 is 0 Å². The molecule has 0 aliphatic carbocycles. The molecule has 0 saturated carbocycles. The topological polar surface area (TPSA) is 83.6 Å². The number of carbonyl (C=O) groups excluding carboxylic acids is 4. The first-order valence-electron chi connectivity index (χ1n) is 8.80. The molecule has 0 radical (unpaired) electrons. The molecule has 3 amide bonds. The number of imide groups is 1. The molecule has 2 aliphatic heterocycles. The number of piperidine rings is 1. The normalized spacial score (nSPS) is 18.8. The number of hydrogen-bond donors (Lipinski definition) is 1. The van der Waals surface area contributed by atoms with Crippen LogP contribution in [0.2, 0.25) is 0 Å². The van der Waals surface area contributed by atoms with Crippen molar-refractivity contribution in [2.45, 2.75) is 51.1 Å². The van der Waals surface area contributed by atoms with Gasteiger partial charge in [0.2, 0.25) is 11.8 Å². The molecule has 1 fully saturated rings. The second kappa shape index (κ2) is 7.96. The molecular formula is C20H20N2O4. The first-order chi connectivity index (χ1) is 12.6. The largest absolute Gasteiger partial charge is 0.322 e. The summed E-state index contributed by atoms with van der Waals surface area (Å²) in [5, 5.41) is 2.30. The van der Waals surface area contributed by atoms with E-state index in [1.165, 1.54) is 4.90 Å². The number of rotatable bonds is 5. The molecule has 0 bridgehead atoms. The molecule has 1 atom stereocenters. The van der Waals surface area contributed by atoms with E-state index in [0.29, 0.717) is 24.9 Å². The van der Waals surface area contributed by atoms with Gasteiger partial charge < -0.3 is 9.69 Å². The second-order valence-corrected chi connectivity index (χ2v) is 6.49. The maximum Gasteiger partial charge on any atom is 0.255 e. The average Bonchev–Trinajstić information content (AvgIpc) is 2.94. The molecule has 26 heavy (non-hydrogen) atoms. The number of hydrogen-bond acceptors (Lipinski definition) is 4. The zero-order chi connectivity index (χ0) is 18.5. The van der Waals surface area contributed by atoms with Gasteiger partial charge in [-0.3, -0.25) is 19.7 Å². The number of aldehydes is 1. The van der Waals surface area contributed by atoms with Crippen molar-refractivity contribution in [1.29, 1.82) is 0 Å². The number of benzene rings is 1. The van der Waals surface area contributed by atoms with E-state index in [9.17, 15) is 19.2 Å². The lowest BCUT2D eigenvalue weighted by Crippen LogP contribution is -2.52. The number of unbranched alkanes of at least 4 members (excludes halogenated alkanes) is 3. The van der Waals surface area contributed by atoms with Gasteiger partial charge in [0.25, 0.3) is 5.91 Å². The number of amides is 3. The van der Waals surface area contributed by atoms with Crippen molar-refractivity contribution >= 4 is 24.0 Å². The van der Waals surface area contributed by atoms with Gasteiger partial charge in [-0.2, -0.15) is 0 Å². The van der Waals surface area contributed by atoms with Gasteiger partial charge in [0.15, 0.2) is 0 Å². The van der Waals surface area contributed by atoms with Crippen LogP contribution in [-0.4, -0.2) is 34.9 Å². The molecule has 1 aromatic rings. The zero-order valence-corrected chi connectivity index (χ0v) is 14.4. The van der Waals surface area contributed by atoms with Crippen LogP contribution in [0.15, 0.2) is 18.2 Å². The average molecular weight is 352 g/mol. The Morgan fingerprint density at radius 3 is 2.85 bits per heavy atom. The Morgan fingerprint density at radius 1 is 1.23 bits per heavy atom. The van der Waals surface area contributed by atoms with Crippen molar-refractivity contribution in [3.63, 3.8) is 0 Å². The van der Waals surface area contributed by atoms with Crippen molar-refractivity contribution in [3.05, 3.63) is 34.9 Å². The van der Waals surface area contributed by atoms with Crippen molar-refractivity contribution in [2.75, 3.05) is 0 Å². The quantitative estimate of drug-likeness (QED) is 0.377. The molecule has 2 aliphatic rings. The van der Waals surface area contributed by atoms with Crippen LogP contribution in [0.4, 0.5) is 0 Å². The van der Waals surface area contributed by atoms with E-state index in [-0.39, 0.29) is 18.2 Å². The summed E-state index contributed by atoms with van der Waals surface area (Å²) in [5.74, 6) is 5.29. The number of nitrogens with zero attached hydrogens (tertiary/aromatic N) is 1. The fourth-order valence-electron chi connectivity index (χ4n) is 3.26. The molecule has 6 heteroatoms. The summed E-state index contributed by atoms with van der Waals surface area (Å²) in [5.41, 5.74) is 2.27. The summed E-state index contributed by atoms with van der Waals surface area (Å²) >= 11 is 0. The van der Waals surface area contributed by atoms with E-state index in [0.717, 1.165) is 36.7 Å². The van der Waals surface area contributed by atoms with E-state index in [2.05, 4.69) is 17.2 Å². The third kappa shape index (κ3) is 3.83. The summed E-state index contributed by atoms with van der Waals surface area (Å²) < 4.78 is 0. The molecule has 1 unspecified atom stereocenters. The van der Waals surface area contributed by atoms with E-state index < -0.39 is 11.9 Å². The number of fused-ring (bicyclic) bond motifs is 1. The van der Waals surface area contributed by atoms with Crippen LogP contribution in [0.5, 0.6) is 0 Å². The van der Waals surface area contributed by atoms with Crippen molar-refractivity contribution < 1.29 is 19.2 Å². The van der Waals surface area contributed by atoms with Crippen molar-refractivity contribution in [1.82, 2.24) is 10.2 Å². The monoisotopic (exact) mass is 352 g/mol. The van der Waals surface area contributed by atoms with Gasteiger partial charge in [0.05, 0.1) is 0 Å². The predicted octanol–water partition coefficient (Wildman–Crippen LogP) is 1.56. The minimum absolute atomic E-state index is 0.178. The molecule has 1 saturated heterocycles. The molecule has 6 nitrogen and oxygen atoms in total. The minimum atomic E-state index is -0.597. The second-order valence-electron chi connectivity index (χ2n) is 6.49. The fraction of sp³-hybridized carbons (Fsp3) is 0.400. The zero-order valence-electron chi connectivity index (χ0n) is 14.4. The third-order valence-electron chi connectivity index (χ3n) is 4.63. The molecule has 1 N–H and O–H groups in total. The maximum absolute atomic E-state index is 12.6. The highest BCUT2D eigenvalue weighted by Gasteiger charge is 2.38. The van der Waals surface area contributed by atoms with Crippen LogP contribution in [0.25, 0.3) is 0 Å². The van der Waals surface area contributed by atoms with Gasteiger partial charge in [-0.15, -0.1) is 0 Å². The standard InChI is InChI=1S/C20H20N2O4/c23-11-5-3-1-2-4-6-14-7-8-16-15(12-14)13-22(20(16)26)17-9-10-18(24)21-19(17)25/h7-8,11-12,17H,1-3,5,9-10,13H2,(H,21,24,25). The molecular weight excluding hydrogens is 332 g/mol. The predicted molar refractivity (Wildman–Crippen MR) is 93.9 cm³/mol. The van der Waals surface area contributed by atoms with Crippen molar-refractivity contribution in [3.8, 4) is 11.8 Å². The molecule has 0 spiro atoms. The van der Waals surface area contributed by atoms with Gasteiger partial charge in [0, 0.05) is 36.9 Å². The summed E-state index contributed by atoms with van der Waals surface area (Å²) in [7, 11) is 0. The lowest BCUT2D eigenvalue weighted by molar-refractivity contribution is -0.136.